The van der Waals surface area contributed by atoms with Crippen molar-refractivity contribution in [2.24, 2.45) is 0 Å². The molecule has 0 radical (unpaired) electrons. The second-order valence-electron chi connectivity index (χ2n) is 11.7. The van der Waals surface area contributed by atoms with Gasteiger partial charge in [0, 0.05) is 25.7 Å². The lowest BCUT2D eigenvalue weighted by molar-refractivity contribution is -0.194. The summed E-state index contributed by atoms with van der Waals surface area (Å²) in [4.78, 5) is 11.4. The second kappa shape index (κ2) is 12.3. The molecule has 6 heteroatoms. The van der Waals surface area contributed by atoms with Crippen LogP contribution in [0.2, 0.25) is 18.1 Å². The van der Waals surface area contributed by atoms with Gasteiger partial charge < -0.3 is 23.4 Å². The van der Waals surface area contributed by atoms with Crippen molar-refractivity contribution in [2.45, 2.75) is 128 Å². The Morgan fingerprint density at radius 1 is 1.06 bits per heavy atom. The SMILES string of the molecule is C[C@@H]1OC2(CCCCC2)O[C@H]1C[C@@H](/C=C\[C@@H](CC=O)O[Si](C)(C)C(C)(C)C)OCc1ccccc1. The van der Waals surface area contributed by atoms with Gasteiger partial charge in [0.05, 0.1) is 31.0 Å². The van der Waals surface area contributed by atoms with E-state index in [2.05, 4.69) is 59.0 Å². The van der Waals surface area contributed by atoms with Crippen LogP contribution in [-0.4, -0.2) is 44.8 Å². The van der Waals surface area contributed by atoms with Crippen LogP contribution in [0.1, 0.15) is 78.2 Å². The molecule has 1 spiro atoms. The van der Waals surface area contributed by atoms with Gasteiger partial charge in [-0.05, 0) is 43.5 Å². The zero-order valence-electron chi connectivity index (χ0n) is 22.6. The molecule has 5 nitrogen and oxygen atoms in total. The third kappa shape index (κ3) is 8.09. The van der Waals surface area contributed by atoms with E-state index < -0.39 is 14.1 Å². The molecule has 196 valence electrons. The fourth-order valence-electron chi connectivity index (χ4n) is 4.65. The van der Waals surface area contributed by atoms with Gasteiger partial charge in [0.2, 0.25) is 0 Å². The Bertz CT molecular complexity index is 810. The second-order valence-corrected chi connectivity index (χ2v) is 16.5. The first-order valence-electron chi connectivity index (χ1n) is 13.3. The van der Waals surface area contributed by atoms with Crippen LogP contribution in [0.5, 0.6) is 0 Å². The van der Waals surface area contributed by atoms with Crippen LogP contribution in [0.4, 0.5) is 0 Å². The largest absolute Gasteiger partial charge is 0.410 e. The highest BCUT2D eigenvalue weighted by molar-refractivity contribution is 6.74. The van der Waals surface area contributed by atoms with Crippen LogP contribution in [-0.2, 0) is 30.0 Å². The molecule has 1 aromatic rings. The summed E-state index contributed by atoms with van der Waals surface area (Å²) >= 11 is 0. The van der Waals surface area contributed by atoms with Crippen molar-refractivity contribution in [1.29, 1.82) is 0 Å². The summed E-state index contributed by atoms with van der Waals surface area (Å²) < 4.78 is 25.8. The lowest BCUT2D eigenvalue weighted by atomic mass is 9.94. The Hall–Kier alpha value is -1.31. The van der Waals surface area contributed by atoms with Crippen molar-refractivity contribution >= 4 is 14.6 Å². The minimum atomic E-state index is -2.02. The van der Waals surface area contributed by atoms with Crippen LogP contribution in [0.3, 0.4) is 0 Å². The fourth-order valence-corrected chi connectivity index (χ4v) is 5.94. The quantitative estimate of drug-likeness (QED) is 0.186. The van der Waals surface area contributed by atoms with E-state index in [1.165, 1.54) is 6.42 Å². The molecule has 0 unspecified atom stereocenters. The van der Waals surface area contributed by atoms with Crippen molar-refractivity contribution in [1.82, 2.24) is 0 Å². The van der Waals surface area contributed by atoms with Gasteiger partial charge in [0.25, 0.3) is 0 Å². The minimum Gasteiger partial charge on any atom is -0.410 e. The number of ether oxygens (including phenoxy) is 3. The molecule has 35 heavy (non-hydrogen) atoms. The molecule has 1 aromatic carbocycles. The van der Waals surface area contributed by atoms with Crippen LogP contribution < -0.4 is 0 Å². The number of hydrogen-bond donors (Lipinski definition) is 0. The molecule has 1 heterocycles. The number of carbonyl (C=O) groups is 1. The third-order valence-corrected chi connectivity index (χ3v) is 12.3. The molecule has 0 aromatic heterocycles. The topological polar surface area (TPSA) is 54.0 Å². The van der Waals surface area contributed by atoms with Gasteiger partial charge in [0.15, 0.2) is 14.1 Å². The van der Waals surface area contributed by atoms with E-state index in [9.17, 15) is 4.79 Å². The number of aldehydes is 1. The molecule has 0 bridgehead atoms. The summed E-state index contributed by atoms with van der Waals surface area (Å²) in [5.74, 6) is -0.415. The molecule has 3 rings (SSSR count). The number of rotatable bonds is 11. The maximum atomic E-state index is 11.4. The van der Waals surface area contributed by atoms with Crippen LogP contribution in [0.15, 0.2) is 42.5 Å². The Balaban J connectivity index is 1.72. The van der Waals surface area contributed by atoms with E-state index in [0.29, 0.717) is 19.4 Å². The average Bonchev–Trinajstić information content (AvgIpc) is 3.09. The monoisotopic (exact) mass is 502 g/mol. The predicted octanol–water partition coefficient (Wildman–Crippen LogP) is 6.96. The molecule has 1 saturated carbocycles. The molecule has 2 fully saturated rings. The van der Waals surface area contributed by atoms with Gasteiger partial charge in [-0.3, -0.25) is 0 Å². The molecule has 0 N–H and O–H groups in total. The van der Waals surface area contributed by atoms with Gasteiger partial charge >= 0.3 is 0 Å². The van der Waals surface area contributed by atoms with Gasteiger partial charge in [0.1, 0.15) is 6.29 Å². The molecule has 1 aliphatic heterocycles. The summed E-state index contributed by atoms with van der Waals surface area (Å²) in [5.41, 5.74) is 1.13. The van der Waals surface area contributed by atoms with Crippen molar-refractivity contribution in [2.75, 3.05) is 0 Å². The fraction of sp³-hybridized carbons (Fsp3) is 0.690. The third-order valence-electron chi connectivity index (χ3n) is 7.80. The van der Waals surface area contributed by atoms with Gasteiger partial charge in [-0.25, -0.2) is 0 Å². The number of hydrogen-bond acceptors (Lipinski definition) is 5. The van der Waals surface area contributed by atoms with Crippen LogP contribution >= 0.6 is 0 Å². The van der Waals surface area contributed by atoms with E-state index >= 15 is 0 Å². The van der Waals surface area contributed by atoms with Gasteiger partial charge in [-0.2, -0.15) is 0 Å². The van der Waals surface area contributed by atoms with E-state index in [1.54, 1.807) is 0 Å². The highest BCUT2D eigenvalue weighted by atomic mass is 28.4. The van der Waals surface area contributed by atoms with E-state index in [1.807, 2.05) is 24.3 Å². The van der Waals surface area contributed by atoms with Gasteiger partial charge in [-0.1, -0.05) is 69.7 Å². The standard InChI is InChI=1S/C29H46O5Si/c1-23-27(33-29(32-23)18-11-8-12-19-29)21-26(31-22-24-13-9-7-10-14-24)16-15-25(17-20-30)34-35(5,6)28(2,3)4/h7,9-10,13-16,20,23,25-27H,8,11-12,17-19,21-22H2,1-6H3/b16-15-/t23-,25-,26+,27-/m0/s1. The van der Waals surface area contributed by atoms with Crippen molar-refractivity contribution in [3.05, 3.63) is 48.0 Å². The summed E-state index contributed by atoms with van der Waals surface area (Å²) in [5, 5.41) is 0.0734. The van der Waals surface area contributed by atoms with Crippen molar-refractivity contribution in [3.8, 4) is 0 Å². The first kappa shape index (κ1) is 28.3. The lowest BCUT2D eigenvalue weighted by Crippen LogP contribution is -2.43. The molecular formula is C29H46O5Si. The zero-order valence-corrected chi connectivity index (χ0v) is 23.6. The number of carbonyl (C=O) groups excluding carboxylic acids is 1. The zero-order chi connectivity index (χ0) is 25.5. The van der Waals surface area contributed by atoms with Crippen LogP contribution in [0, 0.1) is 0 Å². The molecule has 1 aliphatic carbocycles. The van der Waals surface area contributed by atoms with E-state index in [0.717, 1.165) is 37.5 Å². The average molecular weight is 503 g/mol. The van der Waals surface area contributed by atoms with E-state index in [4.69, 9.17) is 18.6 Å². The Morgan fingerprint density at radius 3 is 2.34 bits per heavy atom. The van der Waals surface area contributed by atoms with Crippen LogP contribution in [0.25, 0.3) is 0 Å². The molecule has 4 atom stereocenters. The number of benzene rings is 1. The highest BCUT2D eigenvalue weighted by Gasteiger charge is 2.46. The maximum Gasteiger partial charge on any atom is 0.192 e. The lowest BCUT2D eigenvalue weighted by Gasteiger charge is -2.38. The first-order valence-corrected chi connectivity index (χ1v) is 16.3. The molecule has 1 saturated heterocycles. The molecule has 0 amide bonds. The summed E-state index contributed by atoms with van der Waals surface area (Å²) in [7, 11) is -2.02. The highest BCUT2D eigenvalue weighted by Crippen LogP contribution is 2.42. The minimum absolute atomic E-state index is 0.0237. The summed E-state index contributed by atoms with van der Waals surface area (Å²) in [6, 6.07) is 10.2. The molecule has 2 aliphatic rings. The van der Waals surface area contributed by atoms with Crippen molar-refractivity contribution in [3.63, 3.8) is 0 Å². The van der Waals surface area contributed by atoms with Gasteiger partial charge in [-0.15, -0.1) is 0 Å². The summed E-state index contributed by atoms with van der Waals surface area (Å²) in [6.45, 7) is 13.7. The Morgan fingerprint density at radius 2 is 1.71 bits per heavy atom. The predicted molar refractivity (Wildman–Crippen MR) is 143 cm³/mol. The van der Waals surface area contributed by atoms with Crippen molar-refractivity contribution < 1.29 is 23.4 Å². The normalized spacial score (nSPS) is 24.6. The van der Waals surface area contributed by atoms with E-state index in [-0.39, 0.29) is 29.5 Å². The Kier molecular flexibility index (Phi) is 9.92. The Labute approximate surface area is 213 Å². The maximum absolute atomic E-state index is 11.4. The molecular weight excluding hydrogens is 456 g/mol. The first-order chi connectivity index (χ1) is 16.5. The smallest absolute Gasteiger partial charge is 0.192 e. The summed E-state index contributed by atoms with van der Waals surface area (Å²) in [6.07, 6.45) is 11.2.